The average Bonchev–Trinajstić information content (AvgIpc) is 2.60. The summed E-state index contributed by atoms with van der Waals surface area (Å²) in [5, 5.41) is 3.48. The fourth-order valence-corrected chi connectivity index (χ4v) is 3.14. The fraction of sp³-hybridized carbons (Fsp3) is 0.400. The summed E-state index contributed by atoms with van der Waals surface area (Å²) in [6.07, 6.45) is 0.940. The highest BCUT2D eigenvalue weighted by molar-refractivity contribution is 5.44. The summed E-state index contributed by atoms with van der Waals surface area (Å²) in [7, 11) is 5.53. The van der Waals surface area contributed by atoms with Crippen molar-refractivity contribution in [1.29, 1.82) is 0 Å². The predicted octanol–water partition coefficient (Wildman–Crippen LogP) is 3.01. The summed E-state index contributed by atoms with van der Waals surface area (Å²) in [6.45, 7) is 2.40. The van der Waals surface area contributed by atoms with Gasteiger partial charge in [-0.1, -0.05) is 12.1 Å². The maximum Gasteiger partial charge on any atom is 0.165 e. The molecule has 0 radical (unpaired) electrons. The summed E-state index contributed by atoms with van der Waals surface area (Å²) >= 11 is 0. The molecule has 0 saturated carbocycles. The highest BCUT2D eigenvalue weighted by atomic mass is 19.1. The molecule has 0 fully saturated rings. The Morgan fingerprint density at radius 3 is 2.76 bits per heavy atom. The molecule has 4 nitrogen and oxygen atoms in total. The van der Waals surface area contributed by atoms with Crippen molar-refractivity contribution in [1.82, 2.24) is 10.2 Å². The van der Waals surface area contributed by atoms with Gasteiger partial charge in [0.25, 0.3) is 0 Å². The minimum absolute atomic E-state index is 0.0139. The third-order valence-corrected chi connectivity index (χ3v) is 4.48. The van der Waals surface area contributed by atoms with Crippen LogP contribution in [0.4, 0.5) is 4.39 Å². The van der Waals surface area contributed by atoms with E-state index in [0.29, 0.717) is 6.61 Å². The number of rotatable bonds is 6. The molecule has 1 N–H and O–H groups in total. The molecule has 0 saturated heterocycles. The van der Waals surface area contributed by atoms with E-state index in [1.807, 2.05) is 26.2 Å². The van der Waals surface area contributed by atoms with Gasteiger partial charge in [0.2, 0.25) is 0 Å². The molecule has 0 bridgehead atoms. The molecular formula is C20H25FN2O2. The molecule has 0 aliphatic carbocycles. The highest BCUT2D eigenvalue weighted by Crippen LogP contribution is 2.32. The van der Waals surface area contributed by atoms with Gasteiger partial charge in [-0.15, -0.1) is 0 Å². The van der Waals surface area contributed by atoms with Crippen LogP contribution in [0.5, 0.6) is 11.5 Å². The molecule has 134 valence electrons. The summed E-state index contributed by atoms with van der Waals surface area (Å²) in [5.74, 6) is 0.823. The Bertz CT molecular complexity index is 734. The molecule has 1 atom stereocenters. The number of hydrogen-bond acceptors (Lipinski definition) is 4. The van der Waals surface area contributed by atoms with Gasteiger partial charge in [0, 0.05) is 13.1 Å². The van der Waals surface area contributed by atoms with Crippen LogP contribution < -0.4 is 14.8 Å². The van der Waals surface area contributed by atoms with E-state index in [1.165, 1.54) is 18.2 Å². The zero-order valence-electron chi connectivity index (χ0n) is 15.0. The van der Waals surface area contributed by atoms with Crippen LogP contribution in [0.1, 0.15) is 22.7 Å². The van der Waals surface area contributed by atoms with E-state index in [2.05, 4.69) is 22.3 Å². The fourth-order valence-electron chi connectivity index (χ4n) is 3.14. The van der Waals surface area contributed by atoms with Gasteiger partial charge in [-0.25, -0.2) is 4.39 Å². The van der Waals surface area contributed by atoms with Gasteiger partial charge >= 0.3 is 0 Å². The second kappa shape index (κ2) is 7.85. The molecule has 25 heavy (non-hydrogen) atoms. The lowest BCUT2D eigenvalue weighted by molar-refractivity contribution is 0.261. The molecule has 2 aromatic carbocycles. The molecule has 2 aromatic rings. The number of methoxy groups -OCH3 is 1. The molecule has 0 spiro atoms. The van der Waals surface area contributed by atoms with E-state index in [0.717, 1.165) is 30.8 Å². The minimum Gasteiger partial charge on any atom is -0.494 e. The van der Waals surface area contributed by atoms with Crippen molar-refractivity contribution < 1.29 is 13.9 Å². The molecule has 3 rings (SSSR count). The molecule has 1 aliphatic rings. The predicted molar refractivity (Wildman–Crippen MR) is 97.0 cm³/mol. The Morgan fingerprint density at radius 2 is 2.04 bits per heavy atom. The maximum absolute atomic E-state index is 14.1. The maximum atomic E-state index is 14.1. The molecule has 1 unspecified atom stereocenters. The number of ether oxygens (including phenoxy) is 2. The Labute approximate surface area is 148 Å². The Kier molecular flexibility index (Phi) is 5.56. The van der Waals surface area contributed by atoms with E-state index in [9.17, 15) is 4.39 Å². The molecular weight excluding hydrogens is 319 g/mol. The lowest BCUT2D eigenvalue weighted by Crippen LogP contribution is -2.30. The van der Waals surface area contributed by atoms with E-state index in [-0.39, 0.29) is 17.6 Å². The number of halogens is 1. The van der Waals surface area contributed by atoms with Gasteiger partial charge in [0.15, 0.2) is 11.6 Å². The average molecular weight is 344 g/mol. The third-order valence-electron chi connectivity index (χ3n) is 4.48. The van der Waals surface area contributed by atoms with Gasteiger partial charge in [-0.05, 0) is 61.5 Å². The van der Waals surface area contributed by atoms with Crippen molar-refractivity contribution in [2.75, 3.05) is 40.9 Å². The summed E-state index contributed by atoms with van der Waals surface area (Å²) in [6, 6.07) is 11.3. The smallest absolute Gasteiger partial charge is 0.165 e. The van der Waals surface area contributed by atoms with Gasteiger partial charge in [0.1, 0.15) is 12.4 Å². The number of nitrogens with one attached hydrogen (secondary N) is 1. The zero-order chi connectivity index (χ0) is 17.8. The topological polar surface area (TPSA) is 33.7 Å². The van der Waals surface area contributed by atoms with Crippen LogP contribution in [0.2, 0.25) is 0 Å². The van der Waals surface area contributed by atoms with Crippen LogP contribution in [-0.4, -0.2) is 45.8 Å². The first kappa shape index (κ1) is 17.7. The molecule has 0 amide bonds. The number of hydrogen-bond donors (Lipinski definition) is 1. The molecule has 0 aromatic heterocycles. The monoisotopic (exact) mass is 344 g/mol. The van der Waals surface area contributed by atoms with Crippen molar-refractivity contribution in [3.8, 4) is 11.5 Å². The van der Waals surface area contributed by atoms with Gasteiger partial charge in [-0.3, -0.25) is 0 Å². The Morgan fingerprint density at radius 1 is 1.20 bits per heavy atom. The normalized spacial score (nSPS) is 16.6. The largest absolute Gasteiger partial charge is 0.494 e. The lowest BCUT2D eigenvalue weighted by Gasteiger charge is -2.28. The first-order valence-electron chi connectivity index (χ1n) is 8.55. The van der Waals surface area contributed by atoms with Crippen molar-refractivity contribution in [3.05, 3.63) is 58.9 Å². The Hall–Kier alpha value is -2.11. The van der Waals surface area contributed by atoms with E-state index >= 15 is 0 Å². The van der Waals surface area contributed by atoms with Crippen molar-refractivity contribution in [2.24, 2.45) is 0 Å². The van der Waals surface area contributed by atoms with Crippen LogP contribution in [-0.2, 0) is 6.42 Å². The van der Waals surface area contributed by atoms with Crippen LogP contribution in [0.25, 0.3) is 0 Å². The van der Waals surface area contributed by atoms with E-state index < -0.39 is 0 Å². The summed E-state index contributed by atoms with van der Waals surface area (Å²) in [5.41, 5.74) is 3.33. The highest BCUT2D eigenvalue weighted by Gasteiger charge is 2.22. The second-order valence-electron chi connectivity index (χ2n) is 6.54. The molecule has 1 aliphatic heterocycles. The molecule has 5 heteroatoms. The summed E-state index contributed by atoms with van der Waals surface area (Å²) in [4.78, 5) is 2.09. The van der Waals surface area contributed by atoms with Gasteiger partial charge in [0.05, 0.1) is 13.2 Å². The Balaban J connectivity index is 1.81. The lowest BCUT2D eigenvalue weighted by atomic mass is 9.89. The number of benzene rings is 2. The van der Waals surface area contributed by atoms with Crippen LogP contribution in [0, 0.1) is 5.82 Å². The van der Waals surface area contributed by atoms with Gasteiger partial charge < -0.3 is 19.7 Å². The summed E-state index contributed by atoms with van der Waals surface area (Å²) < 4.78 is 24.9. The quantitative estimate of drug-likeness (QED) is 0.873. The zero-order valence-corrected chi connectivity index (χ0v) is 15.0. The van der Waals surface area contributed by atoms with E-state index in [1.54, 1.807) is 12.1 Å². The van der Waals surface area contributed by atoms with Gasteiger partial charge in [-0.2, -0.15) is 0 Å². The van der Waals surface area contributed by atoms with E-state index in [4.69, 9.17) is 9.47 Å². The number of nitrogens with zero attached hydrogens (tertiary/aromatic N) is 1. The van der Waals surface area contributed by atoms with Crippen molar-refractivity contribution in [2.45, 2.75) is 12.5 Å². The second-order valence-corrected chi connectivity index (χ2v) is 6.54. The standard InChI is InChI=1S/C20H25FN2O2/c1-23(2)10-11-25-16-5-6-17-14(12-16)8-9-22-20(17)15-4-7-19(24-3)18(21)13-15/h4-7,12-13,20,22H,8-11H2,1-3H3. The molecule has 1 heterocycles. The first-order valence-corrected chi connectivity index (χ1v) is 8.55. The van der Waals surface area contributed by atoms with Crippen LogP contribution in [0.3, 0.4) is 0 Å². The SMILES string of the molecule is COc1ccc(C2NCCc3cc(OCCN(C)C)ccc32)cc1F. The van der Waals surface area contributed by atoms with Crippen molar-refractivity contribution in [3.63, 3.8) is 0 Å². The number of likely N-dealkylation sites (N-methyl/N-ethyl adjacent to an activating group) is 1. The number of fused-ring (bicyclic) bond motifs is 1. The van der Waals surface area contributed by atoms with Crippen LogP contribution >= 0.6 is 0 Å². The minimum atomic E-state index is -0.336. The first-order chi connectivity index (χ1) is 12.1. The van der Waals surface area contributed by atoms with Crippen molar-refractivity contribution >= 4 is 0 Å². The third kappa shape index (κ3) is 4.11. The van der Waals surface area contributed by atoms with Crippen LogP contribution in [0.15, 0.2) is 36.4 Å².